The van der Waals surface area contributed by atoms with E-state index >= 15 is 0 Å². The number of carbonyl (C=O) groups excluding carboxylic acids is 4. The third-order valence-corrected chi connectivity index (χ3v) is 10.0. The van der Waals surface area contributed by atoms with Crippen LogP contribution in [-0.2, 0) is 28.0 Å². The van der Waals surface area contributed by atoms with Crippen LogP contribution in [0.1, 0.15) is 41.6 Å². The van der Waals surface area contributed by atoms with Crippen LogP contribution >= 0.6 is 11.6 Å². The molecule has 0 saturated carbocycles. The second-order valence-electron chi connectivity index (χ2n) is 13.2. The summed E-state index contributed by atoms with van der Waals surface area (Å²) in [6.45, 7) is 2.27. The zero-order valence-corrected chi connectivity index (χ0v) is 29.5. The Kier molecular flexibility index (Phi) is 9.69. The summed E-state index contributed by atoms with van der Waals surface area (Å²) in [5, 5.41) is 12.7. The number of pyridine rings is 1. The predicted octanol–water partition coefficient (Wildman–Crippen LogP) is 2.94. The first-order valence-electron chi connectivity index (χ1n) is 17.1. The van der Waals surface area contributed by atoms with Crippen molar-refractivity contribution < 1.29 is 23.9 Å². The van der Waals surface area contributed by atoms with E-state index in [2.05, 4.69) is 31.2 Å². The van der Waals surface area contributed by atoms with Crippen LogP contribution in [0, 0.1) is 5.92 Å². The molecule has 5 heterocycles. The molecule has 16 heteroatoms. The van der Waals surface area contributed by atoms with Crippen LogP contribution in [-0.4, -0.2) is 82.4 Å². The number of amides is 4. The summed E-state index contributed by atoms with van der Waals surface area (Å²) >= 11 is 6.54. The van der Waals surface area contributed by atoms with E-state index in [0.29, 0.717) is 59.0 Å². The summed E-state index contributed by atoms with van der Waals surface area (Å²) in [4.78, 5) is 74.5. The number of ether oxygens (including phenoxy) is 1. The van der Waals surface area contributed by atoms with Crippen LogP contribution in [0.15, 0.2) is 53.5 Å². The Morgan fingerprint density at radius 3 is 2.71 bits per heavy atom. The molecule has 52 heavy (non-hydrogen) atoms. The van der Waals surface area contributed by atoms with Crippen LogP contribution in [0.3, 0.4) is 0 Å². The van der Waals surface area contributed by atoms with Gasteiger partial charge in [0.2, 0.25) is 17.8 Å². The maximum Gasteiger partial charge on any atom is 0.293 e. The number of likely N-dealkylation sites (N-methyl/N-ethyl adjacent to an activating group) is 1. The van der Waals surface area contributed by atoms with Gasteiger partial charge in [-0.1, -0.05) is 11.6 Å². The number of benzene rings is 2. The van der Waals surface area contributed by atoms with Crippen molar-refractivity contribution in [2.24, 2.45) is 13.0 Å². The summed E-state index contributed by atoms with van der Waals surface area (Å²) in [6.07, 6.45) is 4.09. The number of imide groups is 1. The minimum Gasteiger partial charge on any atom is -0.478 e. The Labute approximate surface area is 303 Å². The van der Waals surface area contributed by atoms with Crippen molar-refractivity contribution in [3.63, 3.8) is 0 Å². The van der Waals surface area contributed by atoms with Gasteiger partial charge in [0.1, 0.15) is 11.1 Å². The van der Waals surface area contributed by atoms with Gasteiger partial charge in [-0.3, -0.25) is 29.3 Å². The molecule has 2 fully saturated rings. The highest BCUT2D eigenvalue weighted by Crippen LogP contribution is 2.31. The highest BCUT2D eigenvalue weighted by Gasteiger charge is 2.39. The van der Waals surface area contributed by atoms with Gasteiger partial charge >= 0.3 is 0 Å². The van der Waals surface area contributed by atoms with Gasteiger partial charge in [0.05, 0.1) is 11.7 Å². The maximum absolute atomic E-state index is 13.1. The molecule has 2 atom stereocenters. The lowest BCUT2D eigenvalue weighted by atomic mass is 9.98. The Hall–Kier alpha value is -5.70. The minimum atomic E-state index is -0.646. The molecule has 2 aromatic carbocycles. The molecule has 15 nitrogen and oxygen atoms in total. The van der Waals surface area contributed by atoms with Crippen LogP contribution in [0.25, 0.3) is 10.9 Å². The molecule has 1 unspecified atom stereocenters. The Bertz CT molecular complexity index is 2160. The number of nitrogens with zero attached hydrogens (tertiary/aromatic N) is 5. The summed E-state index contributed by atoms with van der Waals surface area (Å²) in [5.41, 5.74) is 3.35. The van der Waals surface area contributed by atoms with Gasteiger partial charge < -0.3 is 35.1 Å². The molecule has 270 valence electrons. The van der Waals surface area contributed by atoms with Crippen molar-refractivity contribution in [3.8, 4) is 5.75 Å². The highest BCUT2D eigenvalue weighted by atomic mass is 35.5. The molecule has 7 rings (SSSR count). The first-order chi connectivity index (χ1) is 25.1. The van der Waals surface area contributed by atoms with Gasteiger partial charge in [0.15, 0.2) is 18.2 Å². The fourth-order valence-electron chi connectivity index (χ4n) is 6.94. The van der Waals surface area contributed by atoms with E-state index in [-0.39, 0.29) is 42.1 Å². The number of hydrogen-bond acceptors (Lipinski definition) is 11. The van der Waals surface area contributed by atoms with Crippen LogP contribution < -0.4 is 36.5 Å². The van der Waals surface area contributed by atoms with E-state index in [4.69, 9.17) is 21.3 Å². The average Bonchev–Trinajstić information content (AvgIpc) is 3.47. The van der Waals surface area contributed by atoms with Gasteiger partial charge in [0, 0.05) is 69.0 Å². The number of rotatable bonds is 10. The molecule has 3 aliphatic heterocycles. The largest absolute Gasteiger partial charge is 0.478 e. The third-order valence-electron chi connectivity index (χ3n) is 9.74. The first kappa shape index (κ1) is 34.7. The van der Waals surface area contributed by atoms with Crippen LogP contribution in [0.2, 0.25) is 5.02 Å². The number of nitrogens with one attached hydrogen (secondary N) is 4. The molecule has 0 aliphatic carbocycles. The van der Waals surface area contributed by atoms with E-state index in [1.54, 1.807) is 30.3 Å². The van der Waals surface area contributed by atoms with E-state index < -0.39 is 11.9 Å². The van der Waals surface area contributed by atoms with Crippen molar-refractivity contribution in [2.75, 3.05) is 48.8 Å². The van der Waals surface area contributed by atoms with Crippen molar-refractivity contribution in [1.82, 2.24) is 30.1 Å². The standard InChI is InChI=1S/C36H38ClN9O6/c1-38-31(48)19-52-29-14-21-12-24(6-8-27(21)44(2)35(29)51)41-32-26(37)16-40-36(43-32)45-11-3-4-20(17-45)15-39-23-5-7-25-22(13-23)18-46(34(25)50)28-9-10-30(47)42-33(28)49/h5-8,12-14,16,20,28,39H,3-4,9-11,15,17-19H2,1-2H3,(H,38,48)(H,40,41,43)(H,42,47,49)/t20-,28?/m1/s1. The molecule has 4 amide bonds. The Morgan fingerprint density at radius 2 is 1.90 bits per heavy atom. The third kappa shape index (κ3) is 7.08. The number of carbonyl (C=O) groups is 4. The lowest BCUT2D eigenvalue weighted by molar-refractivity contribution is -0.137. The maximum atomic E-state index is 13.1. The monoisotopic (exact) mass is 727 g/mol. The molecule has 4 N–H and O–H groups in total. The van der Waals surface area contributed by atoms with Gasteiger partial charge in [-0.15, -0.1) is 0 Å². The first-order valence-corrected chi connectivity index (χ1v) is 17.5. The summed E-state index contributed by atoms with van der Waals surface area (Å²) in [6, 6.07) is 12.1. The summed E-state index contributed by atoms with van der Waals surface area (Å²) in [5.74, 6) is 0.0808. The molecule has 0 bridgehead atoms. The molecule has 3 aliphatic rings. The molecule has 2 saturated heterocycles. The van der Waals surface area contributed by atoms with E-state index in [1.165, 1.54) is 11.6 Å². The van der Waals surface area contributed by atoms with E-state index in [0.717, 1.165) is 42.6 Å². The average molecular weight is 728 g/mol. The fraction of sp³-hybridized carbons (Fsp3) is 0.361. The number of aryl methyl sites for hydroxylation is 1. The van der Waals surface area contributed by atoms with Gasteiger partial charge in [-0.2, -0.15) is 4.98 Å². The van der Waals surface area contributed by atoms with E-state index in [9.17, 15) is 24.0 Å². The number of anilines is 4. The van der Waals surface area contributed by atoms with Crippen LogP contribution in [0.4, 0.5) is 23.1 Å². The number of halogens is 1. The zero-order chi connectivity index (χ0) is 36.5. The van der Waals surface area contributed by atoms with Crippen molar-refractivity contribution >= 4 is 69.3 Å². The van der Waals surface area contributed by atoms with Gasteiger partial charge in [-0.05, 0) is 73.2 Å². The number of hydrogen-bond donors (Lipinski definition) is 4. The minimum absolute atomic E-state index is 0.0648. The highest BCUT2D eigenvalue weighted by molar-refractivity contribution is 6.33. The van der Waals surface area contributed by atoms with Crippen molar-refractivity contribution in [1.29, 1.82) is 0 Å². The predicted molar refractivity (Wildman–Crippen MR) is 195 cm³/mol. The van der Waals surface area contributed by atoms with E-state index in [1.807, 2.05) is 30.3 Å². The fourth-order valence-corrected chi connectivity index (χ4v) is 7.08. The lowest BCUT2D eigenvalue weighted by Gasteiger charge is -2.33. The quantitative estimate of drug-likeness (QED) is 0.177. The second kappa shape index (κ2) is 14.5. The number of piperidine rings is 2. The SMILES string of the molecule is CNC(=O)COc1cc2cc(Nc3nc(N4CCC[C@H](CNc5ccc6c(c5)CN(C5CCC(=O)NC5=O)C6=O)C4)ncc3Cl)ccc2n(C)c1=O. The van der Waals surface area contributed by atoms with Crippen molar-refractivity contribution in [3.05, 3.63) is 75.2 Å². The van der Waals surface area contributed by atoms with Crippen molar-refractivity contribution in [2.45, 2.75) is 38.3 Å². The lowest BCUT2D eigenvalue weighted by Crippen LogP contribution is -2.52. The zero-order valence-electron chi connectivity index (χ0n) is 28.7. The topological polar surface area (TPSA) is 180 Å². The smallest absolute Gasteiger partial charge is 0.293 e. The second-order valence-corrected chi connectivity index (χ2v) is 13.6. The molecule has 0 spiro atoms. The summed E-state index contributed by atoms with van der Waals surface area (Å²) in [7, 11) is 3.14. The summed E-state index contributed by atoms with van der Waals surface area (Å²) < 4.78 is 6.96. The van der Waals surface area contributed by atoms with Gasteiger partial charge in [-0.25, -0.2) is 4.98 Å². The molecule has 4 aromatic rings. The number of aromatic nitrogens is 3. The molecular weight excluding hydrogens is 690 g/mol. The normalized spacial score (nSPS) is 18.6. The molecular formula is C36H38ClN9O6. The molecule has 2 aromatic heterocycles. The molecule has 0 radical (unpaired) electrons. The van der Waals surface area contributed by atoms with Crippen LogP contribution in [0.5, 0.6) is 5.75 Å². The Balaban J connectivity index is 0.997. The van der Waals surface area contributed by atoms with Gasteiger partial charge in [0.25, 0.3) is 17.4 Å². The number of fused-ring (bicyclic) bond motifs is 2. The Morgan fingerprint density at radius 1 is 1.08 bits per heavy atom.